The number of rotatable bonds is 2. The maximum absolute atomic E-state index is 13.1. The fraction of sp³-hybridized carbons (Fsp3) is 0.545. The summed E-state index contributed by atoms with van der Waals surface area (Å²) in [5.41, 5.74) is -2.80. The zero-order valence-corrected chi connectivity index (χ0v) is 16.6. The molecule has 8 heteroatoms. The Morgan fingerprint density at radius 1 is 0.500 bits per heavy atom. The van der Waals surface area contributed by atoms with Crippen molar-refractivity contribution in [3.8, 4) is 11.5 Å². The van der Waals surface area contributed by atoms with Crippen molar-refractivity contribution < 1.29 is 10.2 Å². The third-order valence-corrected chi connectivity index (χ3v) is 7.06. The van der Waals surface area contributed by atoms with Crippen molar-refractivity contribution in [2.75, 3.05) is 0 Å². The summed E-state index contributed by atoms with van der Waals surface area (Å²) in [5, 5.41) is 20.3. The summed E-state index contributed by atoms with van der Waals surface area (Å²) in [6, 6.07) is -0.602. The van der Waals surface area contributed by atoms with Gasteiger partial charge in [-0.3, -0.25) is 28.3 Å². The number of hydrogen-bond acceptors (Lipinski definition) is 6. The van der Waals surface area contributed by atoms with Gasteiger partial charge < -0.3 is 10.2 Å². The molecule has 2 N–H and O–H groups in total. The first-order valence-corrected chi connectivity index (χ1v) is 10.8. The fourth-order valence-corrected chi connectivity index (χ4v) is 5.56. The lowest BCUT2D eigenvalue weighted by Gasteiger charge is -2.21. The van der Waals surface area contributed by atoms with Crippen molar-refractivity contribution in [2.45, 2.75) is 76.3 Å². The lowest BCUT2D eigenvalue weighted by Crippen LogP contribution is -2.31. The predicted molar refractivity (Wildman–Crippen MR) is 112 cm³/mol. The Balaban J connectivity index is 1.85. The van der Waals surface area contributed by atoms with Gasteiger partial charge in [-0.15, -0.1) is 0 Å². The highest BCUT2D eigenvalue weighted by Gasteiger charge is 2.32. The van der Waals surface area contributed by atoms with Gasteiger partial charge in [0.25, 0.3) is 22.2 Å². The highest BCUT2D eigenvalue weighted by Crippen LogP contribution is 2.38. The molecule has 158 valence electrons. The summed E-state index contributed by atoms with van der Waals surface area (Å²) in [4.78, 5) is 52.3. The highest BCUT2D eigenvalue weighted by molar-refractivity contribution is 6.10. The third-order valence-electron chi connectivity index (χ3n) is 7.06. The number of benzene rings is 1. The van der Waals surface area contributed by atoms with Gasteiger partial charge in [0.1, 0.15) is 11.5 Å². The van der Waals surface area contributed by atoms with Gasteiger partial charge in [0.2, 0.25) is 0 Å². The van der Waals surface area contributed by atoms with Crippen LogP contribution in [0.1, 0.15) is 76.3 Å². The van der Waals surface area contributed by atoms with E-state index in [9.17, 15) is 29.4 Å². The Hall–Kier alpha value is -2.90. The van der Waals surface area contributed by atoms with Gasteiger partial charge in [0.15, 0.2) is 0 Å². The second-order valence-corrected chi connectivity index (χ2v) is 8.74. The molecule has 0 spiro atoms. The van der Waals surface area contributed by atoms with E-state index in [-0.39, 0.29) is 33.6 Å². The molecule has 2 heterocycles. The maximum atomic E-state index is 13.1. The van der Waals surface area contributed by atoms with E-state index in [0.717, 1.165) is 47.7 Å². The van der Waals surface area contributed by atoms with Crippen molar-refractivity contribution >= 4 is 21.5 Å². The predicted octanol–water partition coefficient (Wildman–Crippen LogP) is 2.33. The van der Waals surface area contributed by atoms with Crippen LogP contribution in [-0.2, 0) is 0 Å². The van der Waals surface area contributed by atoms with Crippen LogP contribution in [0.5, 0.6) is 11.5 Å². The van der Waals surface area contributed by atoms with Gasteiger partial charge in [-0.1, -0.05) is 38.5 Å². The summed E-state index contributed by atoms with van der Waals surface area (Å²) in [6.07, 6.45) is 8.29. The zero-order valence-electron chi connectivity index (χ0n) is 16.6. The third kappa shape index (κ3) is 2.45. The van der Waals surface area contributed by atoms with Gasteiger partial charge in [0, 0.05) is 12.1 Å². The smallest absolute Gasteiger partial charge is 0.265 e. The number of hydrogen-bond donors (Lipinski definition) is 2. The monoisotopic (exact) mass is 412 g/mol. The number of phenols is 2. The second-order valence-electron chi connectivity index (χ2n) is 8.74. The van der Waals surface area contributed by atoms with Crippen LogP contribution < -0.4 is 22.2 Å². The minimum Gasteiger partial charge on any atom is -0.506 e. The van der Waals surface area contributed by atoms with Crippen LogP contribution in [0.3, 0.4) is 0 Å². The lowest BCUT2D eigenvalue weighted by molar-refractivity contribution is 0.343. The van der Waals surface area contributed by atoms with E-state index in [1.165, 1.54) is 0 Å². The summed E-state index contributed by atoms with van der Waals surface area (Å²) in [6.45, 7) is 0. The highest BCUT2D eigenvalue weighted by atomic mass is 16.3. The molecule has 0 saturated heterocycles. The zero-order chi connectivity index (χ0) is 21.2. The molecule has 0 radical (unpaired) electrons. The molecule has 1 aromatic carbocycles. The van der Waals surface area contributed by atoms with Crippen molar-refractivity contribution in [3.05, 3.63) is 41.4 Å². The molecule has 8 nitrogen and oxygen atoms in total. The molecule has 5 rings (SSSR count). The Morgan fingerprint density at radius 3 is 1.03 bits per heavy atom. The molecular weight excluding hydrogens is 388 g/mol. The number of aromatic hydroxyl groups is 2. The first-order chi connectivity index (χ1) is 14.4. The molecular formula is C22H24N2O6. The van der Waals surface area contributed by atoms with Gasteiger partial charge in [-0.25, -0.2) is 0 Å². The first-order valence-electron chi connectivity index (χ1n) is 10.8. The van der Waals surface area contributed by atoms with Crippen molar-refractivity contribution in [2.24, 2.45) is 0 Å². The molecule has 0 atom stereocenters. The summed E-state index contributed by atoms with van der Waals surface area (Å²) in [5.74, 6) is -1.32. The Bertz CT molecular complexity index is 1170. The van der Waals surface area contributed by atoms with Gasteiger partial charge in [-0.05, 0) is 25.7 Å². The Kier molecular flexibility index (Phi) is 4.34. The summed E-state index contributed by atoms with van der Waals surface area (Å²) < 4.78 is 2.18. The van der Waals surface area contributed by atoms with E-state index >= 15 is 0 Å². The fourth-order valence-electron chi connectivity index (χ4n) is 5.56. The molecule has 2 aromatic heterocycles. The second kappa shape index (κ2) is 6.82. The van der Waals surface area contributed by atoms with Crippen LogP contribution in [-0.4, -0.2) is 19.3 Å². The SMILES string of the molecule is O=c1c2c(O)c3c(=O)n(C4CCCCC4)c(=O)c3c(O)c2c(=O)n1C1CCCCC1. The van der Waals surface area contributed by atoms with Crippen LogP contribution in [0.25, 0.3) is 21.5 Å². The van der Waals surface area contributed by atoms with Crippen molar-refractivity contribution in [1.82, 2.24) is 9.13 Å². The van der Waals surface area contributed by atoms with E-state index < -0.39 is 33.7 Å². The van der Waals surface area contributed by atoms with Gasteiger partial charge in [-0.2, -0.15) is 0 Å². The average Bonchev–Trinajstić information content (AvgIpc) is 3.17. The van der Waals surface area contributed by atoms with E-state index in [2.05, 4.69) is 0 Å². The Morgan fingerprint density at radius 2 is 0.767 bits per heavy atom. The largest absolute Gasteiger partial charge is 0.506 e. The molecule has 2 aliphatic rings. The number of fused-ring (bicyclic) bond motifs is 2. The van der Waals surface area contributed by atoms with E-state index in [1.807, 2.05) is 0 Å². The van der Waals surface area contributed by atoms with Crippen LogP contribution >= 0.6 is 0 Å². The van der Waals surface area contributed by atoms with E-state index in [0.29, 0.717) is 25.7 Å². The molecule has 2 aliphatic carbocycles. The minimum atomic E-state index is -0.700. The summed E-state index contributed by atoms with van der Waals surface area (Å²) in [7, 11) is 0. The standard InChI is InChI=1S/C22H24N2O6/c25-17-13-14(20(28)23(19(13)27)11-7-3-1-4-8-11)18(26)16-15(17)21(29)24(22(16)30)12-9-5-2-6-10-12/h11-12,25-26H,1-10H2. The van der Waals surface area contributed by atoms with Crippen LogP contribution in [0.2, 0.25) is 0 Å². The molecule has 0 unspecified atom stereocenters. The van der Waals surface area contributed by atoms with Crippen LogP contribution in [0, 0.1) is 0 Å². The van der Waals surface area contributed by atoms with Crippen molar-refractivity contribution in [3.63, 3.8) is 0 Å². The van der Waals surface area contributed by atoms with Crippen LogP contribution in [0.15, 0.2) is 19.2 Å². The quantitative estimate of drug-likeness (QED) is 0.624. The van der Waals surface area contributed by atoms with Gasteiger partial charge >= 0.3 is 0 Å². The molecule has 2 saturated carbocycles. The number of phenolic OH excluding ortho intramolecular Hbond substituents is 2. The lowest BCUT2D eigenvalue weighted by atomic mass is 9.95. The Labute approximate surface area is 170 Å². The molecule has 0 aliphatic heterocycles. The maximum Gasteiger partial charge on any atom is 0.265 e. The van der Waals surface area contributed by atoms with Crippen LogP contribution in [0.4, 0.5) is 0 Å². The van der Waals surface area contributed by atoms with E-state index in [4.69, 9.17) is 0 Å². The number of aromatic nitrogens is 2. The molecule has 0 bridgehead atoms. The van der Waals surface area contributed by atoms with Crippen molar-refractivity contribution in [1.29, 1.82) is 0 Å². The molecule has 30 heavy (non-hydrogen) atoms. The van der Waals surface area contributed by atoms with E-state index in [1.54, 1.807) is 0 Å². The molecule has 3 aromatic rings. The normalized spacial score (nSPS) is 19.2. The average molecular weight is 412 g/mol. The molecule has 0 amide bonds. The van der Waals surface area contributed by atoms with Gasteiger partial charge in [0.05, 0.1) is 21.5 Å². The molecule has 2 fully saturated rings. The first kappa shape index (κ1) is 19.1. The number of nitrogens with zero attached hydrogens (tertiary/aromatic N) is 2. The minimum absolute atomic E-state index is 0.301. The topological polar surface area (TPSA) is 119 Å². The summed E-state index contributed by atoms with van der Waals surface area (Å²) >= 11 is 0.